The lowest BCUT2D eigenvalue weighted by atomic mass is 10.1. The first-order valence-electron chi connectivity index (χ1n) is 5.08. The smallest absolute Gasteiger partial charge is 0.222 e. The van der Waals surface area contributed by atoms with E-state index in [-0.39, 0.29) is 23.9 Å². The molecule has 0 saturated heterocycles. The molecule has 98 valence electrons. The van der Waals surface area contributed by atoms with Crippen LogP contribution < -0.4 is 11.1 Å². The van der Waals surface area contributed by atoms with Crippen molar-refractivity contribution in [2.24, 2.45) is 5.73 Å². The highest BCUT2D eigenvalue weighted by molar-refractivity contribution is 5.85. The molecule has 0 rings (SSSR count). The van der Waals surface area contributed by atoms with Crippen LogP contribution in [-0.4, -0.2) is 44.9 Å². The molecule has 0 atom stereocenters. The highest BCUT2D eigenvalue weighted by Gasteiger charge is 2.11. The van der Waals surface area contributed by atoms with E-state index in [0.717, 1.165) is 0 Å². The predicted octanol–water partition coefficient (Wildman–Crippen LogP) is 0.315. The third-order valence-corrected chi connectivity index (χ3v) is 1.65. The lowest BCUT2D eigenvalue weighted by molar-refractivity contribution is -0.122. The molecule has 0 aromatic carbocycles. The Hall–Kier alpha value is -0.360. The van der Waals surface area contributed by atoms with E-state index in [0.29, 0.717) is 32.8 Å². The van der Waals surface area contributed by atoms with Gasteiger partial charge in [-0.25, -0.2) is 0 Å². The normalized spacial score (nSPS) is 10.8. The van der Waals surface area contributed by atoms with Crippen LogP contribution in [0.4, 0.5) is 0 Å². The molecule has 0 spiro atoms. The molecule has 0 aromatic heterocycles. The number of nitrogens with two attached hydrogens (primary N) is 1. The van der Waals surface area contributed by atoms with E-state index in [1.165, 1.54) is 0 Å². The van der Waals surface area contributed by atoms with Crippen LogP contribution in [0.15, 0.2) is 0 Å². The van der Waals surface area contributed by atoms with Gasteiger partial charge in [-0.3, -0.25) is 4.79 Å². The van der Waals surface area contributed by atoms with Gasteiger partial charge in [-0.15, -0.1) is 12.4 Å². The molecular weight excluding hydrogens is 232 g/mol. The topological polar surface area (TPSA) is 73.6 Å². The Labute approximate surface area is 103 Å². The predicted molar refractivity (Wildman–Crippen MR) is 65.8 cm³/mol. The fraction of sp³-hybridized carbons (Fsp3) is 0.900. The lowest BCUT2D eigenvalue weighted by Crippen LogP contribution is -2.45. The molecular formula is C10H23ClN2O3. The SMILES string of the molecule is COCCOCCC(=O)NCC(C)(C)N.Cl. The number of hydrogen-bond donors (Lipinski definition) is 2. The summed E-state index contributed by atoms with van der Waals surface area (Å²) in [4.78, 5) is 11.2. The Morgan fingerprint density at radius 1 is 1.31 bits per heavy atom. The quantitative estimate of drug-likeness (QED) is 0.612. The maximum Gasteiger partial charge on any atom is 0.222 e. The molecule has 0 unspecified atom stereocenters. The number of halogens is 1. The van der Waals surface area contributed by atoms with E-state index >= 15 is 0 Å². The molecule has 1 amide bonds. The zero-order chi connectivity index (χ0) is 11.7. The van der Waals surface area contributed by atoms with Gasteiger partial charge in [0, 0.05) is 25.6 Å². The summed E-state index contributed by atoms with van der Waals surface area (Å²) in [7, 11) is 1.61. The van der Waals surface area contributed by atoms with Crippen molar-refractivity contribution in [1.29, 1.82) is 0 Å². The minimum Gasteiger partial charge on any atom is -0.382 e. The molecule has 16 heavy (non-hydrogen) atoms. The second-order valence-electron chi connectivity index (χ2n) is 4.12. The van der Waals surface area contributed by atoms with Crippen molar-refractivity contribution in [2.45, 2.75) is 25.8 Å². The number of hydrogen-bond acceptors (Lipinski definition) is 4. The van der Waals surface area contributed by atoms with Gasteiger partial charge in [0.25, 0.3) is 0 Å². The molecule has 6 heteroatoms. The minimum atomic E-state index is -0.368. The number of methoxy groups -OCH3 is 1. The van der Waals surface area contributed by atoms with Gasteiger partial charge < -0.3 is 20.5 Å². The van der Waals surface area contributed by atoms with Gasteiger partial charge in [-0.05, 0) is 13.8 Å². The molecule has 0 aromatic rings. The third kappa shape index (κ3) is 13.6. The van der Waals surface area contributed by atoms with Gasteiger partial charge in [0.1, 0.15) is 0 Å². The first-order valence-corrected chi connectivity index (χ1v) is 5.08. The van der Waals surface area contributed by atoms with Crippen molar-refractivity contribution in [2.75, 3.05) is 33.5 Å². The molecule has 0 saturated carbocycles. The van der Waals surface area contributed by atoms with Gasteiger partial charge in [-0.2, -0.15) is 0 Å². The van der Waals surface area contributed by atoms with E-state index in [9.17, 15) is 4.79 Å². The van der Waals surface area contributed by atoms with E-state index < -0.39 is 0 Å². The first-order chi connectivity index (χ1) is 6.95. The lowest BCUT2D eigenvalue weighted by Gasteiger charge is -2.18. The number of amides is 1. The first kappa shape index (κ1) is 18.0. The molecule has 0 radical (unpaired) electrons. The van der Waals surface area contributed by atoms with Crippen LogP contribution in [-0.2, 0) is 14.3 Å². The summed E-state index contributed by atoms with van der Waals surface area (Å²) in [6, 6.07) is 0. The number of nitrogens with one attached hydrogen (secondary N) is 1. The summed E-state index contributed by atoms with van der Waals surface area (Å²) in [6.45, 7) is 5.69. The van der Waals surface area contributed by atoms with Crippen molar-refractivity contribution in [3.8, 4) is 0 Å². The van der Waals surface area contributed by atoms with Crippen LogP contribution in [0.1, 0.15) is 20.3 Å². The Bertz CT molecular complexity index is 183. The van der Waals surface area contributed by atoms with E-state index in [4.69, 9.17) is 15.2 Å². The third-order valence-electron chi connectivity index (χ3n) is 1.65. The van der Waals surface area contributed by atoms with Crippen LogP contribution in [0.2, 0.25) is 0 Å². The molecule has 0 bridgehead atoms. The van der Waals surface area contributed by atoms with E-state index in [2.05, 4.69) is 5.32 Å². The van der Waals surface area contributed by atoms with Crippen LogP contribution in [0.5, 0.6) is 0 Å². The fourth-order valence-electron chi connectivity index (χ4n) is 0.824. The average molecular weight is 255 g/mol. The number of carbonyl (C=O) groups excluding carboxylic acids is 1. The Morgan fingerprint density at radius 2 is 1.94 bits per heavy atom. The van der Waals surface area contributed by atoms with E-state index in [1.807, 2.05) is 13.8 Å². The van der Waals surface area contributed by atoms with Crippen LogP contribution >= 0.6 is 12.4 Å². The van der Waals surface area contributed by atoms with Crippen LogP contribution in [0, 0.1) is 0 Å². The van der Waals surface area contributed by atoms with Crippen molar-refractivity contribution < 1.29 is 14.3 Å². The molecule has 0 aliphatic carbocycles. The van der Waals surface area contributed by atoms with Crippen molar-refractivity contribution >= 4 is 18.3 Å². The second-order valence-corrected chi connectivity index (χ2v) is 4.12. The highest BCUT2D eigenvalue weighted by Crippen LogP contribution is 1.93. The minimum absolute atomic E-state index is 0. The molecule has 0 aliphatic heterocycles. The molecule has 0 fully saturated rings. The van der Waals surface area contributed by atoms with Crippen molar-refractivity contribution in [3.05, 3.63) is 0 Å². The maximum atomic E-state index is 11.2. The van der Waals surface area contributed by atoms with Crippen LogP contribution in [0.3, 0.4) is 0 Å². The maximum absolute atomic E-state index is 11.2. The molecule has 5 nitrogen and oxygen atoms in total. The summed E-state index contributed by atoms with van der Waals surface area (Å²) < 4.78 is 9.96. The van der Waals surface area contributed by atoms with Crippen LogP contribution in [0.25, 0.3) is 0 Å². The largest absolute Gasteiger partial charge is 0.382 e. The van der Waals surface area contributed by atoms with Gasteiger partial charge >= 0.3 is 0 Å². The second kappa shape index (κ2) is 9.84. The molecule has 0 aliphatic rings. The highest BCUT2D eigenvalue weighted by atomic mass is 35.5. The Balaban J connectivity index is 0. The number of carbonyl (C=O) groups is 1. The van der Waals surface area contributed by atoms with Gasteiger partial charge in [-0.1, -0.05) is 0 Å². The fourth-order valence-corrected chi connectivity index (χ4v) is 0.824. The summed E-state index contributed by atoms with van der Waals surface area (Å²) in [5.41, 5.74) is 5.35. The Kier molecular flexibility index (Phi) is 11.1. The Morgan fingerprint density at radius 3 is 2.44 bits per heavy atom. The van der Waals surface area contributed by atoms with Crippen molar-refractivity contribution in [1.82, 2.24) is 5.32 Å². The van der Waals surface area contributed by atoms with E-state index in [1.54, 1.807) is 7.11 Å². The van der Waals surface area contributed by atoms with Gasteiger partial charge in [0.15, 0.2) is 0 Å². The zero-order valence-electron chi connectivity index (χ0n) is 10.2. The monoisotopic (exact) mass is 254 g/mol. The summed E-state index contributed by atoms with van der Waals surface area (Å²) in [5, 5.41) is 2.74. The zero-order valence-corrected chi connectivity index (χ0v) is 11.1. The van der Waals surface area contributed by atoms with Gasteiger partial charge in [0.05, 0.1) is 19.8 Å². The average Bonchev–Trinajstić information content (AvgIpc) is 2.13. The molecule has 0 heterocycles. The molecule has 3 N–H and O–H groups in total. The standard InChI is InChI=1S/C10H22N2O3.ClH/c1-10(2,11)8-12-9(13)4-5-15-7-6-14-3;/h4-8,11H2,1-3H3,(H,12,13);1H. The number of rotatable bonds is 8. The van der Waals surface area contributed by atoms with Gasteiger partial charge in [0.2, 0.25) is 5.91 Å². The van der Waals surface area contributed by atoms with Crippen molar-refractivity contribution in [3.63, 3.8) is 0 Å². The summed E-state index contributed by atoms with van der Waals surface area (Å²) in [5.74, 6) is -0.0362. The number of ether oxygens (including phenoxy) is 2. The summed E-state index contributed by atoms with van der Waals surface area (Å²) >= 11 is 0. The summed E-state index contributed by atoms with van der Waals surface area (Å²) in [6.07, 6.45) is 0.361.